The van der Waals surface area contributed by atoms with Crippen LogP contribution in [0.3, 0.4) is 0 Å². The number of unbranched alkanes of at least 4 members (excludes halogenated alkanes) is 1. The van der Waals surface area contributed by atoms with Gasteiger partial charge in [-0.05, 0) is 49.1 Å². The second-order valence-corrected chi connectivity index (χ2v) is 5.92. The maximum absolute atomic E-state index is 12.3. The molecule has 0 unspecified atom stereocenters. The molecule has 3 aromatic rings. The first kappa shape index (κ1) is 15.3. The molecule has 0 aliphatic heterocycles. The molecule has 0 bridgehead atoms. The molecule has 0 saturated carbocycles. The number of rotatable bonds is 6. The van der Waals surface area contributed by atoms with Gasteiger partial charge in [0.15, 0.2) is 0 Å². The molecule has 0 aliphatic carbocycles. The lowest BCUT2D eigenvalue weighted by Gasteiger charge is -2.09. The quantitative estimate of drug-likeness (QED) is 0.733. The highest BCUT2D eigenvalue weighted by atomic mass is 16.1. The molecular formula is C18H21N3O2. The largest absolute Gasteiger partial charge is 0.370 e. The van der Waals surface area contributed by atoms with Gasteiger partial charge in [-0.15, -0.1) is 0 Å². The third-order valence-corrected chi connectivity index (χ3v) is 4.19. The smallest absolute Gasteiger partial charge is 0.272 e. The fourth-order valence-electron chi connectivity index (χ4n) is 2.99. The van der Waals surface area contributed by atoms with E-state index >= 15 is 0 Å². The van der Waals surface area contributed by atoms with E-state index in [1.165, 1.54) is 5.56 Å². The van der Waals surface area contributed by atoms with Crippen molar-refractivity contribution >= 4 is 22.5 Å². The molecule has 2 aromatic heterocycles. The summed E-state index contributed by atoms with van der Waals surface area (Å²) < 4.78 is 1.93. The summed E-state index contributed by atoms with van der Waals surface area (Å²) >= 11 is 0. The summed E-state index contributed by atoms with van der Waals surface area (Å²) in [5, 5.41) is 0. The van der Waals surface area contributed by atoms with Crippen LogP contribution in [0.1, 0.15) is 37.4 Å². The Bertz CT molecular complexity index is 921. The third-order valence-electron chi connectivity index (χ3n) is 4.19. The molecule has 0 spiro atoms. The van der Waals surface area contributed by atoms with Crippen LogP contribution in [0.15, 0.2) is 35.1 Å². The number of benzene rings is 1. The molecular weight excluding hydrogens is 290 g/mol. The highest BCUT2D eigenvalue weighted by Gasteiger charge is 2.10. The van der Waals surface area contributed by atoms with E-state index in [0.717, 1.165) is 36.0 Å². The third kappa shape index (κ3) is 2.99. The van der Waals surface area contributed by atoms with Gasteiger partial charge in [0.05, 0.1) is 11.0 Å². The molecule has 1 aromatic carbocycles. The number of amides is 1. The molecule has 0 fully saturated rings. The van der Waals surface area contributed by atoms with Crippen molar-refractivity contribution in [3.05, 3.63) is 51.9 Å². The van der Waals surface area contributed by atoms with E-state index in [1.807, 2.05) is 22.6 Å². The van der Waals surface area contributed by atoms with E-state index in [9.17, 15) is 9.59 Å². The molecule has 1 amide bonds. The van der Waals surface area contributed by atoms with Crippen molar-refractivity contribution in [2.24, 2.45) is 5.73 Å². The SMILES string of the molecule is CCCCc1ccc2c(c1)[nH]c(=O)c1ccc(CCC(N)=O)n12. The standard InChI is InChI=1S/C18H21N3O2/c1-2-3-4-12-5-8-15-14(11-12)20-18(23)16-9-6-13(21(15)16)7-10-17(19)22/h5-6,8-9,11H,2-4,7,10H2,1H3,(H2,19,22)(H,20,23). The Morgan fingerprint density at radius 2 is 1.96 bits per heavy atom. The van der Waals surface area contributed by atoms with Crippen molar-refractivity contribution in [3.63, 3.8) is 0 Å². The summed E-state index contributed by atoms with van der Waals surface area (Å²) in [6.45, 7) is 2.16. The van der Waals surface area contributed by atoms with Crippen molar-refractivity contribution in [3.8, 4) is 0 Å². The summed E-state index contributed by atoms with van der Waals surface area (Å²) in [5.74, 6) is -0.337. The van der Waals surface area contributed by atoms with Gasteiger partial charge in [0.1, 0.15) is 5.52 Å². The summed E-state index contributed by atoms with van der Waals surface area (Å²) in [6, 6.07) is 9.87. The molecule has 0 atom stereocenters. The Labute approximate surface area is 134 Å². The number of nitrogens with zero attached hydrogens (tertiary/aromatic N) is 1. The Morgan fingerprint density at radius 3 is 2.70 bits per heavy atom. The van der Waals surface area contributed by atoms with Crippen molar-refractivity contribution in [2.45, 2.75) is 39.0 Å². The first-order valence-corrected chi connectivity index (χ1v) is 8.03. The Kier molecular flexibility index (Phi) is 4.19. The fourth-order valence-corrected chi connectivity index (χ4v) is 2.99. The second-order valence-electron chi connectivity index (χ2n) is 5.92. The number of carbonyl (C=O) groups is 1. The molecule has 5 nitrogen and oxygen atoms in total. The Balaban J connectivity index is 2.14. The van der Waals surface area contributed by atoms with Crippen LogP contribution in [-0.2, 0) is 17.6 Å². The molecule has 5 heteroatoms. The lowest BCUT2D eigenvalue weighted by molar-refractivity contribution is -0.118. The van der Waals surface area contributed by atoms with Gasteiger partial charge in [-0.2, -0.15) is 0 Å². The van der Waals surface area contributed by atoms with Crippen molar-refractivity contribution in [2.75, 3.05) is 0 Å². The van der Waals surface area contributed by atoms with Gasteiger partial charge in [0.25, 0.3) is 5.56 Å². The van der Waals surface area contributed by atoms with E-state index < -0.39 is 0 Å². The maximum atomic E-state index is 12.3. The van der Waals surface area contributed by atoms with Gasteiger partial charge in [0.2, 0.25) is 5.91 Å². The summed E-state index contributed by atoms with van der Waals surface area (Å²) in [5.41, 5.74) is 9.65. The number of aromatic amines is 1. The van der Waals surface area contributed by atoms with Gasteiger partial charge >= 0.3 is 0 Å². The highest BCUT2D eigenvalue weighted by Crippen LogP contribution is 2.19. The van der Waals surface area contributed by atoms with Crippen LogP contribution in [0.2, 0.25) is 0 Å². The van der Waals surface area contributed by atoms with Gasteiger partial charge in [-0.1, -0.05) is 19.4 Å². The minimum Gasteiger partial charge on any atom is -0.370 e. The van der Waals surface area contributed by atoms with E-state index in [4.69, 9.17) is 5.73 Å². The van der Waals surface area contributed by atoms with Crippen LogP contribution in [0.25, 0.3) is 16.6 Å². The number of fused-ring (bicyclic) bond motifs is 3. The molecule has 0 radical (unpaired) electrons. The van der Waals surface area contributed by atoms with Gasteiger partial charge in [-0.25, -0.2) is 0 Å². The van der Waals surface area contributed by atoms with Crippen LogP contribution in [-0.4, -0.2) is 15.3 Å². The molecule has 3 rings (SSSR count). The van der Waals surface area contributed by atoms with Gasteiger partial charge < -0.3 is 15.1 Å². The highest BCUT2D eigenvalue weighted by molar-refractivity contribution is 5.80. The van der Waals surface area contributed by atoms with Crippen molar-refractivity contribution in [1.82, 2.24) is 9.38 Å². The van der Waals surface area contributed by atoms with Crippen molar-refractivity contribution in [1.29, 1.82) is 0 Å². The second kappa shape index (κ2) is 6.28. The first-order chi connectivity index (χ1) is 11.1. The lowest BCUT2D eigenvalue weighted by Crippen LogP contribution is -2.14. The number of hydrogen-bond donors (Lipinski definition) is 2. The van der Waals surface area contributed by atoms with Crippen LogP contribution in [0, 0.1) is 0 Å². The number of nitrogens with one attached hydrogen (secondary N) is 1. The average molecular weight is 311 g/mol. The molecule has 3 N–H and O–H groups in total. The number of carbonyl (C=O) groups excluding carboxylic acids is 1. The summed E-state index contributed by atoms with van der Waals surface area (Å²) in [4.78, 5) is 26.3. The van der Waals surface area contributed by atoms with Crippen LogP contribution >= 0.6 is 0 Å². The molecule has 2 heterocycles. The number of nitrogens with two attached hydrogens (primary N) is 1. The Morgan fingerprint density at radius 1 is 1.17 bits per heavy atom. The monoisotopic (exact) mass is 311 g/mol. The summed E-state index contributed by atoms with van der Waals surface area (Å²) in [7, 11) is 0. The van der Waals surface area contributed by atoms with Crippen LogP contribution in [0.5, 0.6) is 0 Å². The zero-order chi connectivity index (χ0) is 16.4. The normalized spacial score (nSPS) is 11.3. The summed E-state index contributed by atoms with van der Waals surface area (Å²) in [6.07, 6.45) is 4.08. The first-order valence-electron chi connectivity index (χ1n) is 8.03. The molecule has 23 heavy (non-hydrogen) atoms. The fraction of sp³-hybridized carbons (Fsp3) is 0.333. The number of hydrogen-bond acceptors (Lipinski definition) is 2. The number of primary amides is 1. The van der Waals surface area contributed by atoms with Crippen LogP contribution in [0.4, 0.5) is 0 Å². The maximum Gasteiger partial charge on any atom is 0.272 e. The molecule has 0 aliphatic rings. The van der Waals surface area contributed by atoms with Crippen molar-refractivity contribution < 1.29 is 4.79 Å². The van der Waals surface area contributed by atoms with E-state index in [0.29, 0.717) is 11.9 Å². The number of aromatic nitrogens is 2. The number of aryl methyl sites for hydroxylation is 2. The molecule has 0 saturated heterocycles. The van der Waals surface area contributed by atoms with E-state index in [1.54, 1.807) is 6.07 Å². The zero-order valence-corrected chi connectivity index (χ0v) is 13.3. The lowest BCUT2D eigenvalue weighted by atomic mass is 10.1. The van der Waals surface area contributed by atoms with E-state index in [2.05, 4.69) is 18.0 Å². The van der Waals surface area contributed by atoms with Gasteiger partial charge in [-0.3, -0.25) is 9.59 Å². The predicted octanol–water partition coefficient (Wildman–Crippen LogP) is 2.54. The number of H-pyrrole nitrogens is 1. The average Bonchev–Trinajstić information content (AvgIpc) is 2.95. The Hall–Kier alpha value is -2.56. The zero-order valence-electron chi connectivity index (χ0n) is 13.3. The molecule has 120 valence electrons. The van der Waals surface area contributed by atoms with Gasteiger partial charge in [0, 0.05) is 12.1 Å². The minimum absolute atomic E-state index is 0.115. The predicted molar refractivity (Wildman–Crippen MR) is 91.7 cm³/mol. The van der Waals surface area contributed by atoms with E-state index in [-0.39, 0.29) is 17.9 Å². The minimum atomic E-state index is -0.337. The topological polar surface area (TPSA) is 80.4 Å². The van der Waals surface area contributed by atoms with Crippen LogP contribution < -0.4 is 11.3 Å².